The van der Waals surface area contributed by atoms with Gasteiger partial charge in [-0.15, -0.1) is 0 Å². The van der Waals surface area contributed by atoms with E-state index in [0.717, 1.165) is 0 Å². The Morgan fingerprint density at radius 3 is 2.70 bits per heavy atom. The maximum absolute atomic E-state index is 12.2. The maximum atomic E-state index is 12.2. The van der Waals surface area contributed by atoms with Crippen LogP contribution < -0.4 is 5.32 Å². The van der Waals surface area contributed by atoms with Crippen molar-refractivity contribution in [3.8, 4) is 6.07 Å². The molecule has 0 spiro atoms. The molecule has 20 heavy (non-hydrogen) atoms. The van der Waals surface area contributed by atoms with E-state index in [4.69, 9.17) is 28.5 Å². The highest BCUT2D eigenvalue weighted by molar-refractivity contribution is 9.10. The van der Waals surface area contributed by atoms with E-state index in [-0.39, 0.29) is 0 Å². The fourth-order valence-electron chi connectivity index (χ4n) is 1.59. The van der Waals surface area contributed by atoms with E-state index in [2.05, 4.69) is 21.2 Å². The Morgan fingerprint density at radius 1 is 1.25 bits per heavy atom. The topological polar surface area (TPSA) is 52.9 Å². The minimum absolute atomic E-state index is 0.310. The van der Waals surface area contributed by atoms with E-state index in [0.29, 0.717) is 31.3 Å². The Hall–Kier alpha value is -1.54. The number of amides is 1. The Labute approximate surface area is 134 Å². The normalized spacial score (nSPS) is 9.90. The number of hydrogen-bond donors (Lipinski definition) is 1. The van der Waals surface area contributed by atoms with Gasteiger partial charge in [0.1, 0.15) is 6.07 Å². The third-order valence-corrected chi connectivity index (χ3v) is 4.08. The van der Waals surface area contributed by atoms with Crippen LogP contribution in [0.15, 0.2) is 40.9 Å². The highest BCUT2D eigenvalue weighted by Crippen LogP contribution is 2.27. The van der Waals surface area contributed by atoms with Gasteiger partial charge in [-0.1, -0.05) is 29.3 Å². The first kappa shape index (κ1) is 14.9. The molecule has 0 aromatic heterocycles. The Bertz CT molecular complexity index is 726. The molecule has 1 N–H and O–H groups in total. The van der Waals surface area contributed by atoms with Gasteiger partial charge in [0.05, 0.1) is 21.8 Å². The van der Waals surface area contributed by atoms with Gasteiger partial charge in [-0.25, -0.2) is 0 Å². The molecule has 0 fully saturated rings. The molecule has 2 aromatic carbocycles. The number of carbonyl (C=O) groups excluding carboxylic acids is 1. The van der Waals surface area contributed by atoms with Crippen molar-refractivity contribution in [1.82, 2.24) is 0 Å². The fourth-order valence-corrected chi connectivity index (χ4v) is 2.34. The summed E-state index contributed by atoms with van der Waals surface area (Å²) in [6.45, 7) is 0. The van der Waals surface area contributed by atoms with Crippen LogP contribution in [0, 0.1) is 11.3 Å². The molecular weight excluding hydrogens is 363 g/mol. The molecule has 6 heteroatoms. The molecule has 0 unspecified atom stereocenters. The predicted molar refractivity (Wildman–Crippen MR) is 83.3 cm³/mol. The van der Waals surface area contributed by atoms with E-state index in [9.17, 15) is 4.79 Å². The summed E-state index contributed by atoms with van der Waals surface area (Å²) in [6.07, 6.45) is 0. The molecule has 0 aliphatic carbocycles. The Morgan fingerprint density at radius 2 is 2.00 bits per heavy atom. The van der Waals surface area contributed by atoms with E-state index in [1.54, 1.807) is 30.3 Å². The second kappa shape index (κ2) is 6.27. The molecule has 2 aromatic rings. The molecule has 1 amide bonds. The lowest BCUT2D eigenvalue weighted by molar-refractivity contribution is 0.102. The third kappa shape index (κ3) is 3.13. The number of halogens is 3. The minimum atomic E-state index is -0.407. The number of hydrogen-bond acceptors (Lipinski definition) is 2. The van der Waals surface area contributed by atoms with Crippen LogP contribution in [-0.4, -0.2) is 5.91 Å². The summed E-state index contributed by atoms with van der Waals surface area (Å²) in [4.78, 5) is 12.2. The lowest BCUT2D eigenvalue weighted by atomic mass is 10.1. The quantitative estimate of drug-likeness (QED) is 0.820. The van der Waals surface area contributed by atoms with Gasteiger partial charge < -0.3 is 5.32 Å². The summed E-state index contributed by atoms with van der Waals surface area (Å²) in [5.74, 6) is -0.407. The molecule has 0 aliphatic heterocycles. The summed E-state index contributed by atoms with van der Waals surface area (Å²) < 4.78 is 0.624. The van der Waals surface area contributed by atoms with Crippen LogP contribution in [0.4, 0.5) is 5.69 Å². The molecule has 3 nitrogen and oxygen atoms in total. The zero-order valence-corrected chi connectivity index (χ0v) is 13.1. The van der Waals surface area contributed by atoms with Gasteiger partial charge in [-0.05, 0) is 46.3 Å². The predicted octanol–water partition coefficient (Wildman–Crippen LogP) is 4.88. The van der Waals surface area contributed by atoms with Crippen LogP contribution in [0.1, 0.15) is 15.9 Å². The van der Waals surface area contributed by atoms with Gasteiger partial charge in [-0.2, -0.15) is 5.26 Å². The molecule has 0 saturated heterocycles. The number of carbonyl (C=O) groups is 1. The molecule has 0 saturated carbocycles. The first-order chi connectivity index (χ1) is 9.52. The van der Waals surface area contributed by atoms with E-state index in [1.165, 1.54) is 6.07 Å². The average molecular weight is 370 g/mol. The fraction of sp³-hybridized carbons (Fsp3) is 0. The second-order valence-corrected chi connectivity index (χ2v) is 5.53. The lowest BCUT2D eigenvalue weighted by Crippen LogP contribution is -2.13. The molecule has 0 aliphatic rings. The molecular formula is C14H7BrCl2N2O. The minimum Gasteiger partial charge on any atom is -0.321 e. The van der Waals surface area contributed by atoms with Crippen molar-refractivity contribution >= 4 is 50.7 Å². The summed E-state index contributed by atoms with van der Waals surface area (Å²) >= 11 is 15.2. The standard InChI is InChI=1S/C14H7BrCl2N2O/c15-11-3-1-2-10(13(11)17)14(20)19-12-6-9(16)5-4-8(12)7-18/h1-6H,(H,19,20). The first-order valence-corrected chi connectivity index (χ1v) is 7.03. The summed E-state index contributed by atoms with van der Waals surface area (Å²) in [5, 5.41) is 12.4. The van der Waals surface area contributed by atoms with Crippen molar-refractivity contribution in [2.75, 3.05) is 5.32 Å². The number of anilines is 1. The smallest absolute Gasteiger partial charge is 0.257 e. The monoisotopic (exact) mass is 368 g/mol. The average Bonchev–Trinajstić information content (AvgIpc) is 2.42. The van der Waals surface area contributed by atoms with Crippen molar-refractivity contribution in [3.05, 3.63) is 62.0 Å². The lowest BCUT2D eigenvalue weighted by Gasteiger charge is -2.09. The number of rotatable bonds is 2. The van der Waals surface area contributed by atoms with Gasteiger partial charge in [0.25, 0.3) is 5.91 Å². The Balaban J connectivity index is 2.35. The van der Waals surface area contributed by atoms with E-state index >= 15 is 0 Å². The van der Waals surface area contributed by atoms with E-state index < -0.39 is 5.91 Å². The summed E-state index contributed by atoms with van der Waals surface area (Å²) in [5.41, 5.74) is 0.986. The van der Waals surface area contributed by atoms with Crippen LogP contribution >= 0.6 is 39.1 Å². The second-order valence-electron chi connectivity index (χ2n) is 3.86. The van der Waals surface area contributed by atoms with Gasteiger partial charge >= 0.3 is 0 Å². The van der Waals surface area contributed by atoms with E-state index in [1.807, 2.05) is 6.07 Å². The molecule has 0 bridgehead atoms. The van der Waals surface area contributed by atoms with Crippen molar-refractivity contribution < 1.29 is 4.79 Å². The number of nitriles is 1. The number of nitrogens with one attached hydrogen (secondary N) is 1. The zero-order valence-electron chi connectivity index (χ0n) is 9.95. The molecule has 0 heterocycles. The van der Waals surface area contributed by atoms with Crippen LogP contribution in [0.2, 0.25) is 10.0 Å². The third-order valence-electron chi connectivity index (χ3n) is 2.55. The molecule has 100 valence electrons. The van der Waals surface area contributed by atoms with Gasteiger partial charge in [0, 0.05) is 9.50 Å². The summed E-state index contributed by atoms with van der Waals surface area (Å²) in [6, 6.07) is 11.7. The highest BCUT2D eigenvalue weighted by atomic mass is 79.9. The van der Waals surface area contributed by atoms with Crippen molar-refractivity contribution in [2.45, 2.75) is 0 Å². The van der Waals surface area contributed by atoms with Crippen LogP contribution in [0.5, 0.6) is 0 Å². The largest absolute Gasteiger partial charge is 0.321 e. The van der Waals surface area contributed by atoms with Gasteiger partial charge in [-0.3, -0.25) is 4.79 Å². The van der Waals surface area contributed by atoms with Crippen LogP contribution in [-0.2, 0) is 0 Å². The van der Waals surface area contributed by atoms with Crippen molar-refractivity contribution in [3.63, 3.8) is 0 Å². The number of benzene rings is 2. The Kier molecular flexibility index (Phi) is 4.66. The number of nitrogens with zero attached hydrogens (tertiary/aromatic N) is 1. The zero-order chi connectivity index (χ0) is 14.7. The van der Waals surface area contributed by atoms with Crippen LogP contribution in [0.3, 0.4) is 0 Å². The van der Waals surface area contributed by atoms with Gasteiger partial charge in [0.2, 0.25) is 0 Å². The van der Waals surface area contributed by atoms with Crippen molar-refractivity contribution in [1.29, 1.82) is 5.26 Å². The van der Waals surface area contributed by atoms with Gasteiger partial charge in [0.15, 0.2) is 0 Å². The van der Waals surface area contributed by atoms with Crippen molar-refractivity contribution in [2.24, 2.45) is 0 Å². The summed E-state index contributed by atoms with van der Waals surface area (Å²) in [7, 11) is 0. The first-order valence-electron chi connectivity index (χ1n) is 5.48. The molecule has 0 atom stereocenters. The highest BCUT2D eigenvalue weighted by Gasteiger charge is 2.14. The van der Waals surface area contributed by atoms with Crippen LogP contribution in [0.25, 0.3) is 0 Å². The SMILES string of the molecule is N#Cc1ccc(Cl)cc1NC(=O)c1cccc(Br)c1Cl. The molecule has 0 radical (unpaired) electrons. The molecule has 2 rings (SSSR count). The maximum Gasteiger partial charge on any atom is 0.257 e.